The third-order valence-electron chi connectivity index (χ3n) is 5.18. The summed E-state index contributed by atoms with van der Waals surface area (Å²) in [5.74, 6) is -1.19. The molecule has 1 aromatic rings. The van der Waals surface area contributed by atoms with E-state index >= 15 is 0 Å². The smallest absolute Gasteiger partial charge is 0.243 e. The minimum atomic E-state index is -3.82. The van der Waals surface area contributed by atoms with Crippen LogP contribution in [0.1, 0.15) is 38.5 Å². The van der Waals surface area contributed by atoms with Crippen molar-refractivity contribution in [3.63, 3.8) is 0 Å². The maximum atomic E-state index is 13.4. The van der Waals surface area contributed by atoms with Crippen molar-refractivity contribution in [2.75, 3.05) is 13.1 Å². The van der Waals surface area contributed by atoms with Crippen LogP contribution in [0.2, 0.25) is 0 Å². The molecule has 1 aliphatic heterocycles. The van der Waals surface area contributed by atoms with E-state index in [1.54, 1.807) is 0 Å². The molecule has 6 nitrogen and oxygen atoms in total. The van der Waals surface area contributed by atoms with Gasteiger partial charge in [-0.2, -0.15) is 4.31 Å². The zero-order valence-corrected chi connectivity index (χ0v) is 15.4. The first kappa shape index (κ1) is 19.3. The Morgan fingerprint density at radius 2 is 2.04 bits per heavy atom. The van der Waals surface area contributed by atoms with Gasteiger partial charge < -0.3 is 10.4 Å². The van der Waals surface area contributed by atoms with Crippen LogP contribution in [-0.2, 0) is 14.8 Å². The van der Waals surface area contributed by atoms with Crippen molar-refractivity contribution in [3.05, 3.63) is 30.1 Å². The molecule has 0 radical (unpaired) electrons. The summed E-state index contributed by atoms with van der Waals surface area (Å²) in [7, 11) is -3.82. The number of sulfonamides is 1. The minimum absolute atomic E-state index is 0.0542. The van der Waals surface area contributed by atoms with E-state index < -0.39 is 21.8 Å². The molecule has 3 rings (SSSR count). The number of carbonyl (C=O) groups is 1. The summed E-state index contributed by atoms with van der Waals surface area (Å²) >= 11 is 0. The molecule has 2 fully saturated rings. The maximum absolute atomic E-state index is 13.4. The van der Waals surface area contributed by atoms with Gasteiger partial charge in [-0.25, -0.2) is 12.8 Å². The average Bonchev–Trinajstić information content (AvgIpc) is 2.62. The highest BCUT2D eigenvalue weighted by Crippen LogP contribution is 2.25. The van der Waals surface area contributed by atoms with Gasteiger partial charge in [-0.1, -0.05) is 6.07 Å². The zero-order valence-electron chi connectivity index (χ0n) is 14.6. The number of hydrogen-bond donors (Lipinski definition) is 2. The Labute approximate surface area is 153 Å². The van der Waals surface area contributed by atoms with Crippen molar-refractivity contribution in [2.45, 2.75) is 55.6 Å². The van der Waals surface area contributed by atoms with Gasteiger partial charge in [0, 0.05) is 19.1 Å². The van der Waals surface area contributed by atoms with E-state index in [1.807, 2.05) is 0 Å². The summed E-state index contributed by atoms with van der Waals surface area (Å²) in [6, 6.07) is 4.88. The van der Waals surface area contributed by atoms with Crippen molar-refractivity contribution in [2.24, 2.45) is 5.92 Å². The first-order valence-corrected chi connectivity index (χ1v) is 10.5. The van der Waals surface area contributed by atoms with Crippen molar-refractivity contribution in [1.29, 1.82) is 0 Å². The molecule has 0 spiro atoms. The van der Waals surface area contributed by atoms with E-state index in [9.17, 15) is 22.7 Å². The van der Waals surface area contributed by atoms with Crippen LogP contribution < -0.4 is 5.32 Å². The second kappa shape index (κ2) is 8.02. The topological polar surface area (TPSA) is 86.7 Å². The second-order valence-electron chi connectivity index (χ2n) is 7.19. The summed E-state index contributed by atoms with van der Waals surface area (Å²) in [4.78, 5) is 12.5. The highest BCUT2D eigenvalue weighted by molar-refractivity contribution is 7.89. The molecule has 2 aliphatic rings. The normalized spacial score (nSPS) is 27.8. The first-order valence-electron chi connectivity index (χ1n) is 9.10. The van der Waals surface area contributed by atoms with Crippen LogP contribution in [0.15, 0.2) is 29.2 Å². The van der Waals surface area contributed by atoms with E-state index in [1.165, 1.54) is 22.5 Å². The van der Waals surface area contributed by atoms with Crippen molar-refractivity contribution < 1.29 is 22.7 Å². The van der Waals surface area contributed by atoms with Crippen LogP contribution in [0, 0.1) is 11.7 Å². The minimum Gasteiger partial charge on any atom is -0.393 e. The highest BCUT2D eigenvalue weighted by Gasteiger charge is 2.34. The van der Waals surface area contributed by atoms with Crippen LogP contribution >= 0.6 is 0 Å². The molecule has 1 aromatic carbocycles. The number of hydrogen-bond acceptors (Lipinski definition) is 4. The molecule has 1 saturated heterocycles. The van der Waals surface area contributed by atoms with E-state index in [4.69, 9.17) is 0 Å². The molecule has 1 amide bonds. The molecule has 144 valence electrons. The lowest BCUT2D eigenvalue weighted by molar-refractivity contribution is -0.127. The Kier molecular flexibility index (Phi) is 5.94. The van der Waals surface area contributed by atoms with E-state index in [0.29, 0.717) is 25.8 Å². The average molecular weight is 384 g/mol. The van der Waals surface area contributed by atoms with E-state index in [2.05, 4.69) is 5.32 Å². The number of piperidine rings is 1. The zero-order chi connectivity index (χ0) is 18.7. The lowest BCUT2D eigenvalue weighted by atomic mass is 9.91. The van der Waals surface area contributed by atoms with Gasteiger partial charge in [0.05, 0.1) is 16.9 Å². The van der Waals surface area contributed by atoms with Gasteiger partial charge in [0.15, 0.2) is 0 Å². The molecule has 1 heterocycles. The quantitative estimate of drug-likeness (QED) is 0.826. The van der Waals surface area contributed by atoms with Gasteiger partial charge in [0.2, 0.25) is 15.9 Å². The fourth-order valence-electron chi connectivity index (χ4n) is 3.77. The second-order valence-corrected chi connectivity index (χ2v) is 9.12. The molecule has 26 heavy (non-hydrogen) atoms. The molecular formula is C18H25FN2O4S. The summed E-state index contributed by atoms with van der Waals surface area (Å²) in [5.41, 5.74) is 0. The monoisotopic (exact) mass is 384 g/mol. The third kappa shape index (κ3) is 4.42. The fraction of sp³-hybridized carbons (Fsp3) is 0.611. The van der Waals surface area contributed by atoms with Gasteiger partial charge >= 0.3 is 0 Å². The van der Waals surface area contributed by atoms with Crippen molar-refractivity contribution in [1.82, 2.24) is 9.62 Å². The molecule has 1 aliphatic carbocycles. The Hall–Kier alpha value is -1.51. The number of rotatable bonds is 4. The Bertz CT molecular complexity index is 755. The Morgan fingerprint density at radius 1 is 1.23 bits per heavy atom. The van der Waals surface area contributed by atoms with Gasteiger partial charge in [0.25, 0.3) is 0 Å². The third-order valence-corrected chi connectivity index (χ3v) is 7.04. The summed E-state index contributed by atoms with van der Waals surface area (Å²) in [5, 5.41) is 12.7. The predicted molar refractivity (Wildman–Crippen MR) is 94.3 cm³/mol. The van der Waals surface area contributed by atoms with Crippen molar-refractivity contribution >= 4 is 15.9 Å². The lowest BCUT2D eigenvalue weighted by Crippen LogP contribution is -2.48. The standard InChI is InChI=1S/C18H25FN2O4S/c19-14-5-1-8-17(10-14)26(24,25)21-9-3-4-13(12-21)18(23)20-15-6-2-7-16(22)11-15/h1,5,8,10,13,15-16,22H,2-4,6-7,9,11-12H2,(H,20,23). The van der Waals surface area contributed by atoms with Crippen molar-refractivity contribution in [3.8, 4) is 0 Å². The molecular weight excluding hydrogens is 359 g/mol. The van der Waals surface area contributed by atoms with E-state index in [0.717, 1.165) is 25.3 Å². The number of nitrogens with one attached hydrogen (secondary N) is 1. The van der Waals surface area contributed by atoms with Crippen LogP contribution in [0.4, 0.5) is 4.39 Å². The van der Waals surface area contributed by atoms with Crippen LogP contribution in [0.25, 0.3) is 0 Å². The number of amides is 1. The molecule has 3 unspecified atom stereocenters. The van der Waals surface area contributed by atoms with Gasteiger partial charge in [-0.3, -0.25) is 4.79 Å². The Morgan fingerprint density at radius 3 is 2.77 bits per heavy atom. The molecule has 2 N–H and O–H groups in total. The predicted octanol–water partition coefficient (Wildman–Crippen LogP) is 1.65. The summed E-state index contributed by atoms with van der Waals surface area (Å²) in [6.07, 6.45) is 3.83. The summed E-state index contributed by atoms with van der Waals surface area (Å²) in [6.45, 7) is 0.421. The van der Waals surface area contributed by atoms with Crippen LogP contribution in [0.5, 0.6) is 0 Å². The van der Waals surface area contributed by atoms with Gasteiger partial charge in [-0.15, -0.1) is 0 Å². The number of aliphatic hydroxyl groups is 1. The SMILES string of the molecule is O=C(NC1CCCC(O)C1)C1CCCN(S(=O)(=O)c2cccc(F)c2)C1. The van der Waals surface area contributed by atoms with Gasteiger partial charge in [-0.05, 0) is 56.7 Å². The van der Waals surface area contributed by atoms with Crippen LogP contribution in [0.3, 0.4) is 0 Å². The number of carbonyl (C=O) groups excluding carboxylic acids is 1. The number of nitrogens with zero attached hydrogens (tertiary/aromatic N) is 1. The number of aliphatic hydroxyl groups excluding tert-OH is 1. The Balaban J connectivity index is 1.66. The number of halogens is 1. The maximum Gasteiger partial charge on any atom is 0.243 e. The summed E-state index contributed by atoms with van der Waals surface area (Å²) < 4.78 is 40.1. The van der Waals surface area contributed by atoms with E-state index in [-0.39, 0.29) is 29.5 Å². The molecule has 1 saturated carbocycles. The fourth-order valence-corrected chi connectivity index (χ4v) is 5.32. The molecule has 8 heteroatoms. The largest absolute Gasteiger partial charge is 0.393 e. The lowest BCUT2D eigenvalue weighted by Gasteiger charge is -2.33. The number of benzene rings is 1. The first-order chi connectivity index (χ1) is 12.4. The van der Waals surface area contributed by atoms with Gasteiger partial charge in [0.1, 0.15) is 5.82 Å². The molecule has 0 bridgehead atoms. The highest BCUT2D eigenvalue weighted by atomic mass is 32.2. The van der Waals surface area contributed by atoms with Crippen LogP contribution in [-0.4, -0.2) is 49.0 Å². The molecule has 3 atom stereocenters. The molecule has 0 aromatic heterocycles.